The van der Waals surface area contributed by atoms with E-state index in [-0.39, 0.29) is 5.54 Å². The standard InChI is InChI=1S/C13H19NO2S/c1-15-10-6-5-9(13(14)7-4-8-13)11(16-2)12(10)17-3/h5-6H,4,7-8,14H2,1-3H3. The van der Waals surface area contributed by atoms with Gasteiger partial charge in [0.05, 0.1) is 19.1 Å². The summed E-state index contributed by atoms with van der Waals surface area (Å²) in [6.07, 6.45) is 5.28. The molecule has 4 heteroatoms. The normalized spacial score (nSPS) is 17.4. The molecule has 2 N–H and O–H groups in total. The summed E-state index contributed by atoms with van der Waals surface area (Å²) in [7, 11) is 3.37. The van der Waals surface area contributed by atoms with Crippen LogP contribution in [0.2, 0.25) is 0 Å². The molecule has 0 aliphatic heterocycles. The highest BCUT2D eigenvalue weighted by Crippen LogP contribution is 2.48. The van der Waals surface area contributed by atoms with Crippen molar-refractivity contribution in [3.05, 3.63) is 17.7 Å². The first-order chi connectivity index (χ1) is 8.16. The molecule has 1 fully saturated rings. The van der Waals surface area contributed by atoms with Gasteiger partial charge >= 0.3 is 0 Å². The van der Waals surface area contributed by atoms with E-state index in [2.05, 4.69) is 0 Å². The predicted octanol–water partition coefficient (Wildman–Crippen LogP) is 2.76. The van der Waals surface area contributed by atoms with Crippen molar-refractivity contribution < 1.29 is 9.47 Å². The zero-order chi connectivity index (χ0) is 12.5. The summed E-state index contributed by atoms with van der Waals surface area (Å²) >= 11 is 1.63. The maximum absolute atomic E-state index is 6.39. The maximum atomic E-state index is 6.39. The summed E-state index contributed by atoms with van der Waals surface area (Å²) in [6.45, 7) is 0. The number of hydrogen-bond donors (Lipinski definition) is 1. The highest BCUT2D eigenvalue weighted by atomic mass is 32.2. The number of hydrogen-bond acceptors (Lipinski definition) is 4. The zero-order valence-electron chi connectivity index (χ0n) is 10.6. The molecule has 0 amide bonds. The third-order valence-corrected chi connectivity index (χ3v) is 4.28. The van der Waals surface area contributed by atoms with Crippen LogP contribution >= 0.6 is 11.8 Å². The monoisotopic (exact) mass is 253 g/mol. The van der Waals surface area contributed by atoms with Crippen molar-refractivity contribution in [3.63, 3.8) is 0 Å². The zero-order valence-corrected chi connectivity index (χ0v) is 11.4. The minimum absolute atomic E-state index is 0.206. The summed E-state index contributed by atoms with van der Waals surface area (Å²) in [4.78, 5) is 1.03. The van der Waals surface area contributed by atoms with Crippen LogP contribution in [0.3, 0.4) is 0 Å². The van der Waals surface area contributed by atoms with E-state index >= 15 is 0 Å². The summed E-state index contributed by atoms with van der Waals surface area (Å²) in [5, 5.41) is 0. The summed E-state index contributed by atoms with van der Waals surface area (Å²) < 4.78 is 10.9. The van der Waals surface area contributed by atoms with Crippen LogP contribution in [0.5, 0.6) is 11.5 Å². The molecule has 1 aliphatic carbocycles. The van der Waals surface area contributed by atoms with Crippen LogP contribution in [-0.4, -0.2) is 20.5 Å². The van der Waals surface area contributed by atoms with Crippen LogP contribution in [0.25, 0.3) is 0 Å². The Morgan fingerprint density at radius 2 is 1.94 bits per heavy atom. The first-order valence-electron chi connectivity index (χ1n) is 5.74. The van der Waals surface area contributed by atoms with E-state index in [0.717, 1.165) is 34.8 Å². The molecule has 1 saturated carbocycles. The lowest BCUT2D eigenvalue weighted by Gasteiger charge is -2.39. The molecule has 17 heavy (non-hydrogen) atoms. The molecule has 0 unspecified atom stereocenters. The molecule has 1 aromatic carbocycles. The molecule has 0 aromatic heterocycles. The molecule has 2 rings (SSSR count). The van der Waals surface area contributed by atoms with Crippen molar-refractivity contribution in [2.75, 3.05) is 20.5 Å². The van der Waals surface area contributed by atoms with Crippen molar-refractivity contribution in [3.8, 4) is 11.5 Å². The summed E-state index contributed by atoms with van der Waals surface area (Å²) in [5.41, 5.74) is 7.29. The van der Waals surface area contributed by atoms with Crippen LogP contribution in [0, 0.1) is 0 Å². The van der Waals surface area contributed by atoms with Gasteiger partial charge in [0.25, 0.3) is 0 Å². The highest BCUT2D eigenvalue weighted by molar-refractivity contribution is 7.98. The number of rotatable bonds is 4. The molecule has 0 spiro atoms. The minimum atomic E-state index is -0.206. The van der Waals surface area contributed by atoms with Gasteiger partial charge in [-0.3, -0.25) is 0 Å². The lowest BCUT2D eigenvalue weighted by atomic mass is 9.72. The Labute approximate surface area is 107 Å². The highest BCUT2D eigenvalue weighted by Gasteiger charge is 2.37. The largest absolute Gasteiger partial charge is 0.495 e. The van der Waals surface area contributed by atoms with Crippen molar-refractivity contribution in [2.24, 2.45) is 5.73 Å². The van der Waals surface area contributed by atoms with Gasteiger partial charge in [0.2, 0.25) is 0 Å². The predicted molar refractivity (Wildman–Crippen MR) is 71.0 cm³/mol. The topological polar surface area (TPSA) is 44.5 Å². The van der Waals surface area contributed by atoms with Crippen LogP contribution in [-0.2, 0) is 5.54 Å². The molecular formula is C13H19NO2S. The Morgan fingerprint density at radius 1 is 1.24 bits per heavy atom. The first kappa shape index (κ1) is 12.6. The SMILES string of the molecule is COc1ccc(C2(N)CCC2)c(OC)c1SC. The van der Waals surface area contributed by atoms with Crippen molar-refractivity contribution >= 4 is 11.8 Å². The van der Waals surface area contributed by atoms with Gasteiger partial charge in [-0.15, -0.1) is 11.8 Å². The maximum Gasteiger partial charge on any atom is 0.141 e. The van der Waals surface area contributed by atoms with Crippen LogP contribution in [0.4, 0.5) is 0 Å². The molecule has 0 saturated heterocycles. The third-order valence-electron chi connectivity index (χ3n) is 3.49. The fraction of sp³-hybridized carbons (Fsp3) is 0.538. The molecule has 3 nitrogen and oxygen atoms in total. The van der Waals surface area contributed by atoms with Crippen LogP contribution in [0.1, 0.15) is 24.8 Å². The molecular weight excluding hydrogens is 234 g/mol. The number of methoxy groups -OCH3 is 2. The molecule has 0 heterocycles. The number of benzene rings is 1. The second-order valence-electron chi connectivity index (χ2n) is 4.39. The minimum Gasteiger partial charge on any atom is -0.495 e. The Kier molecular flexibility index (Phi) is 3.54. The molecule has 94 valence electrons. The number of thioether (sulfide) groups is 1. The van der Waals surface area contributed by atoms with Gasteiger partial charge in [0.1, 0.15) is 11.5 Å². The second kappa shape index (κ2) is 4.78. The van der Waals surface area contributed by atoms with Gasteiger partial charge in [0, 0.05) is 11.1 Å². The molecule has 0 bridgehead atoms. The van der Waals surface area contributed by atoms with E-state index in [4.69, 9.17) is 15.2 Å². The van der Waals surface area contributed by atoms with Gasteiger partial charge in [0.15, 0.2) is 0 Å². The first-order valence-corrected chi connectivity index (χ1v) is 6.97. The van der Waals surface area contributed by atoms with Crippen molar-refractivity contribution in [1.29, 1.82) is 0 Å². The number of nitrogens with two attached hydrogens (primary N) is 1. The van der Waals surface area contributed by atoms with E-state index in [9.17, 15) is 0 Å². The smallest absolute Gasteiger partial charge is 0.141 e. The third kappa shape index (κ3) is 2.00. The van der Waals surface area contributed by atoms with Crippen LogP contribution in [0.15, 0.2) is 17.0 Å². The van der Waals surface area contributed by atoms with E-state index in [0.29, 0.717) is 0 Å². The Morgan fingerprint density at radius 3 is 2.35 bits per heavy atom. The summed E-state index contributed by atoms with van der Waals surface area (Å²) in [5.74, 6) is 1.72. The van der Waals surface area contributed by atoms with Gasteiger partial charge in [-0.25, -0.2) is 0 Å². The van der Waals surface area contributed by atoms with Crippen molar-refractivity contribution in [1.82, 2.24) is 0 Å². The fourth-order valence-electron chi connectivity index (χ4n) is 2.32. The lowest BCUT2D eigenvalue weighted by molar-refractivity contribution is 0.241. The number of ether oxygens (including phenoxy) is 2. The van der Waals surface area contributed by atoms with Gasteiger partial charge in [-0.05, 0) is 37.7 Å². The Hall–Kier alpha value is -0.870. The summed E-state index contributed by atoms with van der Waals surface area (Å²) in [6, 6.07) is 4.02. The Bertz CT molecular complexity index is 416. The Balaban J connectivity index is 2.53. The average Bonchev–Trinajstić information content (AvgIpc) is 2.33. The van der Waals surface area contributed by atoms with E-state index in [1.54, 1.807) is 26.0 Å². The quantitative estimate of drug-likeness (QED) is 0.838. The molecule has 0 radical (unpaired) electrons. The van der Waals surface area contributed by atoms with Crippen LogP contribution < -0.4 is 15.2 Å². The average molecular weight is 253 g/mol. The van der Waals surface area contributed by atoms with Gasteiger partial charge in [-0.1, -0.05) is 0 Å². The molecule has 0 atom stereocenters. The van der Waals surface area contributed by atoms with Crippen molar-refractivity contribution in [2.45, 2.75) is 29.7 Å². The second-order valence-corrected chi connectivity index (χ2v) is 5.21. The fourth-order valence-corrected chi connectivity index (χ4v) is 3.05. The van der Waals surface area contributed by atoms with E-state index in [1.165, 1.54) is 6.42 Å². The van der Waals surface area contributed by atoms with Gasteiger partial charge in [-0.2, -0.15) is 0 Å². The lowest BCUT2D eigenvalue weighted by Crippen LogP contribution is -2.43. The van der Waals surface area contributed by atoms with Gasteiger partial charge < -0.3 is 15.2 Å². The van der Waals surface area contributed by atoms with E-state index < -0.39 is 0 Å². The molecule has 1 aliphatic rings. The van der Waals surface area contributed by atoms with E-state index in [1.807, 2.05) is 18.4 Å². The molecule has 1 aromatic rings.